The Balaban J connectivity index is 0.00000420. The van der Waals surface area contributed by atoms with E-state index < -0.39 is 0 Å². The first-order chi connectivity index (χ1) is 13.5. The smallest absolute Gasteiger partial charge is 0.251 e. The Morgan fingerprint density at radius 3 is 2.48 bits per heavy atom. The molecule has 29 heavy (non-hydrogen) atoms. The quantitative estimate of drug-likeness (QED) is 0.213. The number of amides is 1. The maximum atomic E-state index is 12.2. The molecule has 0 spiro atoms. The van der Waals surface area contributed by atoms with E-state index in [1.807, 2.05) is 31.2 Å². The first kappa shape index (κ1) is 25.6. The number of aliphatic imine (C=N–C) groups is 1. The Labute approximate surface area is 192 Å². The minimum absolute atomic E-state index is 0. The number of hydrogen-bond donors (Lipinski definition) is 3. The van der Waals surface area contributed by atoms with Crippen LogP contribution in [0.2, 0.25) is 0 Å². The van der Waals surface area contributed by atoms with Gasteiger partial charge in [0.2, 0.25) is 0 Å². The van der Waals surface area contributed by atoms with Crippen molar-refractivity contribution in [2.75, 3.05) is 53.0 Å². The minimum atomic E-state index is -0.0550. The molecule has 0 aliphatic carbocycles. The third kappa shape index (κ3) is 8.88. The second-order valence-electron chi connectivity index (χ2n) is 7.46. The number of hydrogen-bond acceptors (Lipinski definition) is 4. The molecule has 1 saturated heterocycles. The molecule has 1 unspecified atom stereocenters. The highest BCUT2D eigenvalue weighted by atomic mass is 127. The van der Waals surface area contributed by atoms with E-state index in [0.717, 1.165) is 44.4 Å². The van der Waals surface area contributed by atoms with Gasteiger partial charge in [-0.15, -0.1) is 24.0 Å². The minimum Gasteiger partial charge on any atom is -0.379 e. The highest BCUT2D eigenvalue weighted by Gasteiger charge is 2.23. The molecular weight excluding hydrogens is 481 g/mol. The molecule has 2 rings (SSSR count). The van der Waals surface area contributed by atoms with Gasteiger partial charge in [0.05, 0.1) is 13.2 Å². The molecule has 1 aromatic carbocycles. The van der Waals surface area contributed by atoms with Crippen molar-refractivity contribution in [3.05, 3.63) is 35.4 Å². The van der Waals surface area contributed by atoms with E-state index in [-0.39, 0.29) is 29.9 Å². The number of rotatable bonds is 8. The molecule has 3 N–H and O–H groups in total. The molecule has 0 bridgehead atoms. The van der Waals surface area contributed by atoms with Gasteiger partial charge < -0.3 is 20.7 Å². The Morgan fingerprint density at radius 1 is 1.17 bits per heavy atom. The van der Waals surface area contributed by atoms with Crippen LogP contribution in [0.1, 0.15) is 29.8 Å². The number of morpholine rings is 1. The molecule has 1 amide bonds. The summed E-state index contributed by atoms with van der Waals surface area (Å²) in [7, 11) is 1.76. The summed E-state index contributed by atoms with van der Waals surface area (Å²) < 4.78 is 5.47. The van der Waals surface area contributed by atoms with E-state index in [1.54, 1.807) is 7.05 Å². The standard InChI is InChI=1S/C21H35N5O2.HI/c1-16(2)19(26-10-12-28-13-11-26)15-25-21(22-4)24-9-8-23-20(27)18-7-5-6-17(3)14-18;/h5-7,14,16,19H,8-13,15H2,1-4H3,(H,23,27)(H2,22,24,25);1H. The second-order valence-corrected chi connectivity index (χ2v) is 7.46. The van der Waals surface area contributed by atoms with Gasteiger partial charge in [0.15, 0.2) is 5.96 Å². The molecule has 7 nitrogen and oxygen atoms in total. The first-order valence-electron chi connectivity index (χ1n) is 10.1. The van der Waals surface area contributed by atoms with E-state index in [4.69, 9.17) is 4.74 Å². The predicted octanol–water partition coefficient (Wildman–Crippen LogP) is 1.86. The van der Waals surface area contributed by atoms with Gasteiger partial charge in [0.25, 0.3) is 5.91 Å². The number of nitrogens with one attached hydrogen (secondary N) is 3. The Morgan fingerprint density at radius 2 is 1.86 bits per heavy atom. The van der Waals surface area contributed by atoms with Crippen LogP contribution in [0.4, 0.5) is 0 Å². The van der Waals surface area contributed by atoms with Crippen LogP contribution in [0, 0.1) is 12.8 Å². The molecule has 164 valence electrons. The van der Waals surface area contributed by atoms with Crippen LogP contribution in [-0.2, 0) is 4.74 Å². The Bertz CT molecular complexity index is 648. The molecule has 1 atom stereocenters. The lowest BCUT2D eigenvalue weighted by atomic mass is 10.0. The SMILES string of the molecule is CN=C(NCCNC(=O)c1cccc(C)c1)NCC(C(C)C)N1CCOCC1.I. The number of benzene rings is 1. The average Bonchev–Trinajstić information content (AvgIpc) is 2.70. The van der Waals surface area contributed by atoms with Gasteiger partial charge in [0, 0.05) is 51.4 Å². The lowest BCUT2D eigenvalue weighted by molar-refractivity contribution is 0.00752. The summed E-state index contributed by atoms with van der Waals surface area (Å²) in [5, 5.41) is 9.62. The van der Waals surface area contributed by atoms with Crippen LogP contribution in [0.15, 0.2) is 29.3 Å². The second kappa shape index (κ2) is 13.8. The fourth-order valence-electron chi connectivity index (χ4n) is 3.36. The van der Waals surface area contributed by atoms with E-state index in [0.29, 0.717) is 30.6 Å². The third-order valence-corrected chi connectivity index (χ3v) is 4.97. The average molecular weight is 517 g/mol. The molecule has 1 aromatic rings. The summed E-state index contributed by atoms with van der Waals surface area (Å²) in [4.78, 5) is 18.9. The molecular formula is C21H36IN5O2. The van der Waals surface area contributed by atoms with Gasteiger partial charge in [-0.3, -0.25) is 14.7 Å². The largest absolute Gasteiger partial charge is 0.379 e. The fraction of sp³-hybridized carbons (Fsp3) is 0.619. The van der Waals surface area contributed by atoms with Gasteiger partial charge in [-0.05, 0) is 25.0 Å². The summed E-state index contributed by atoms with van der Waals surface area (Å²) in [5.74, 6) is 1.24. The van der Waals surface area contributed by atoms with Crippen molar-refractivity contribution >= 4 is 35.8 Å². The van der Waals surface area contributed by atoms with Crippen molar-refractivity contribution in [2.45, 2.75) is 26.8 Å². The van der Waals surface area contributed by atoms with Crippen LogP contribution in [0.5, 0.6) is 0 Å². The zero-order chi connectivity index (χ0) is 20.4. The Hall–Kier alpha value is -1.39. The lowest BCUT2D eigenvalue weighted by Crippen LogP contribution is -2.53. The molecule has 1 aliphatic rings. The van der Waals surface area contributed by atoms with Gasteiger partial charge in [-0.1, -0.05) is 31.5 Å². The van der Waals surface area contributed by atoms with Crippen molar-refractivity contribution in [2.24, 2.45) is 10.9 Å². The number of ether oxygens (including phenoxy) is 1. The van der Waals surface area contributed by atoms with Crippen LogP contribution in [0.25, 0.3) is 0 Å². The summed E-state index contributed by atoms with van der Waals surface area (Å²) in [6.45, 7) is 12.0. The maximum Gasteiger partial charge on any atom is 0.251 e. The van der Waals surface area contributed by atoms with E-state index in [1.165, 1.54) is 0 Å². The topological polar surface area (TPSA) is 78.0 Å². The number of carbonyl (C=O) groups is 1. The highest BCUT2D eigenvalue weighted by molar-refractivity contribution is 14.0. The molecule has 8 heteroatoms. The first-order valence-corrected chi connectivity index (χ1v) is 10.1. The van der Waals surface area contributed by atoms with Crippen molar-refractivity contribution < 1.29 is 9.53 Å². The van der Waals surface area contributed by atoms with Crippen LogP contribution >= 0.6 is 24.0 Å². The predicted molar refractivity (Wildman–Crippen MR) is 129 cm³/mol. The van der Waals surface area contributed by atoms with Gasteiger partial charge in [-0.2, -0.15) is 0 Å². The fourth-order valence-corrected chi connectivity index (χ4v) is 3.36. The zero-order valence-electron chi connectivity index (χ0n) is 18.0. The molecule has 1 aliphatic heterocycles. The summed E-state index contributed by atoms with van der Waals surface area (Å²) in [6, 6.07) is 8.03. The highest BCUT2D eigenvalue weighted by Crippen LogP contribution is 2.12. The monoisotopic (exact) mass is 517 g/mol. The van der Waals surface area contributed by atoms with Crippen LogP contribution in [0.3, 0.4) is 0 Å². The number of carbonyl (C=O) groups excluding carboxylic acids is 1. The van der Waals surface area contributed by atoms with Crippen LogP contribution in [-0.4, -0.2) is 75.8 Å². The van der Waals surface area contributed by atoms with Crippen LogP contribution < -0.4 is 16.0 Å². The summed E-state index contributed by atoms with van der Waals surface area (Å²) in [6.07, 6.45) is 0. The summed E-state index contributed by atoms with van der Waals surface area (Å²) in [5.41, 5.74) is 1.77. The number of guanidine groups is 1. The molecule has 0 aromatic heterocycles. The van der Waals surface area contributed by atoms with Gasteiger partial charge in [-0.25, -0.2) is 0 Å². The molecule has 1 heterocycles. The number of aryl methyl sites for hydroxylation is 1. The van der Waals surface area contributed by atoms with Gasteiger partial charge >= 0.3 is 0 Å². The summed E-state index contributed by atoms with van der Waals surface area (Å²) >= 11 is 0. The van der Waals surface area contributed by atoms with E-state index in [2.05, 4.69) is 39.7 Å². The number of nitrogens with zero attached hydrogens (tertiary/aromatic N) is 2. The molecule has 0 radical (unpaired) electrons. The number of halogens is 1. The normalized spacial score (nSPS) is 16.1. The third-order valence-electron chi connectivity index (χ3n) is 4.97. The Kier molecular flexibility index (Phi) is 12.2. The van der Waals surface area contributed by atoms with Crippen molar-refractivity contribution in [3.8, 4) is 0 Å². The van der Waals surface area contributed by atoms with E-state index in [9.17, 15) is 4.79 Å². The molecule has 0 saturated carbocycles. The zero-order valence-corrected chi connectivity index (χ0v) is 20.4. The maximum absolute atomic E-state index is 12.2. The van der Waals surface area contributed by atoms with E-state index >= 15 is 0 Å². The molecule has 1 fully saturated rings. The lowest BCUT2D eigenvalue weighted by Gasteiger charge is -2.37. The van der Waals surface area contributed by atoms with Gasteiger partial charge in [0.1, 0.15) is 0 Å². The van der Waals surface area contributed by atoms with Crippen molar-refractivity contribution in [1.82, 2.24) is 20.9 Å². The van der Waals surface area contributed by atoms with Crippen molar-refractivity contribution in [1.29, 1.82) is 0 Å². The van der Waals surface area contributed by atoms with Crippen molar-refractivity contribution in [3.63, 3.8) is 0 Å².